The van der Waals surface area contributed by atoms with Gasteiger partial charge >= 0.3 is 0 Å². The number of aromatic nitrogens is 1. The minimum absolute atomic E-state index is 0.00725. The Morgan fingerprint density at radius 3 is 2.55 bits per heavy atom. The van der Waals surface area contributed by atoms with Crippen LogP contribution in [0.3, 0.4) is 0 Å². The van der Waals surface area contributed by atoms with E-state index < -0.39 is 0 Å². The molecule has 1 aliphatic rings. The smallest absolute Gasteiger partial charge is 0.255 e. The van der Waals surface area contributed by atoms with Gasteiger partial charge in [-0.3, -0.25) is 9.59 Å². The molecule has 0 saturated carbocycles. The number of carbonyl (C=O) groups is 2. The first-order valence-electron chi connectivity index (χ1n) is 10.7. The van der Waals surface area contributed by atoms with Crippen molar-refractivity contribution in [3.8, 4) is 6.07 Å². The molecular formula is C25H26N4O2. The van der Waals surface area contributed by atoms with E-state index in [0.717, 1.165) is 16.6 Å². The van der Waals surface area contributed by atoms with Crippen LogP contribution in [-0.2, 0) is 4.79 Å². The van der Waals surface area contributed by atoms with E-state index in [0.29, 0.717) is 43.1 Å². The topological polar surface area (TPSA) is 78.1 Å². The molecule has 1 saturated heterocycles. The van der Waals surface area contributed by atoms with Crippen LogP contribution in [-0.4, -0.2) is 34.4 Å². The Morgan fingerprint density at radius 2 is 1.84 bits per heavy atom. The maximum Gasteiger partial charge on any atom is 0.255 e. The van der Waals surface area contributed by atoms with E-state index in [9.17, 15) is 14.9 Å². The second-order valence-electron chi connectivity index (χ2n) is 8.30. The number of amides is 2. The molecule has 1 fully saturated rings. The lowest BCUT2D eigenvalue weighted by molar-refractivity contribution is -0.121. The highest BCUT2D eigenvalue weighted by Gasteiger charge is 2.28. The number of anilines is 1. The number of nitriles is 1. The van der Waals surface area contributed by atoms with E-state index in [1.165, 1.54) is 0 Å². The van der Waals surface area contributed by atoms with Crippen molar-refractivity contribution in [1.29, 1.82) is 5.26 Å². The van der Waals surface area contributed by atoms with Crippen molar-refractivity contribution in [2.24, 2.45) is 5.92 Å². The fourth-order valence-electron chi connectivity index (χ4n) is 4.22. The van der Waals surface area contributed by atoms with Crippen molar-refractivity contribution in [2.75, 3.05) is 18.4 Å². The summed E-state index contributed by atoms with van der Waals surface area (Å²) in [4.78, 5) is 27.3. The van der Waals surface area contributed by atoms with Crippen LogP contribution in [0.5, 0.6) is 0 Å². The molecule has 6 heteroatoms. The van der Waals surface area contributed by atoms with Gasteiger partial charge in [-0.1, -0.05) is 12.1 Å². The van der Waals surface area contributed by atoms with Crippen LogP contribution in [0.15, 0.2) is 54.7 Å². The van der Waals surface area contributed by atoms with Gasteiger partial charge in [0.05, 0.1) is 17.2 Å². The zero-order valence-corrected chi connectivity index (χ0v) is 17.8. The average molecular weight is 415 g/mol. The van der Waals surface area contributed by atoms with Crippen LogP contribution in [0.4, 0.5) is 5.69 Å². The molecule has 0 unspecified atom stereocenters. The molecule has 1 aromatic heterocycles. The molecule has 3 aromatic rings. The van der Waals surface area contributed by atoms with Crippen molar-refractivity contribution in [3.05, 3.63) is 65.9 Å². The van der Waals surface area contributed by atoms with Crippen LogP contribution in [0, 0.1) is 17.2 Å². The fraction of sp³-hybridized carbons (Fsp3) is 0.320. The summed E-state index contributed by atoms with van der Waals surface area (Å²) in [5.41, 5.74) is 2.75. The lowest BCUT2D eigenvalue weighted by Gasteiger charge is -2.31. The molecule has 0 radical (unpaired) electrons. The van der Waals surface area contributed by atoms with Crippen LogP contribution < -0.4 is 5.32 Å². The third-order valence-electron chi connectivity index (χ3n) is 5.98. The summed E-state index contributed by atoms with van der Waals surface area (Å²) in [7, 11) is 0. The number of piperidine rings is 1. The van der Waals surface area contributed by atoms with Gasteiger partial charge < -0.3 is 14.8 Å². The van der Waals surface area contributed by atoms with Gasteiger partial charge in [-0.2, -0.15) is 5.26 Å². The maximum absolute atomic E-state index is 12.8. The molecule has 0 atom stereocenters. The molecule has 2 amide bonds. The average Bonchev–Trinajstić information content (AvgIpc) is 3.22. The van der Waals surface area contributed by atoms with Crippen molar-refractivity contribution in [3.63, 3.8) is 0 Å². The van der Waals surface area contributed by atoms with Gasteiger partial charge in [-0.15, -0.1) is 0 Å². The first-order valence-corrected chi connectivity index (χ1v) is 10.7. The number of likely N-dealkylation sites (tertiary alicyclic amines) is 1. The largest absolute Gasteiger partial charge is 0.345 e. The standard InChI is InChI=1S/C25H26N4O2/c1-17(2)29-14-11-19-15-21(7-8-23(19)29)27-24(30)18-9-12-28(13-10-18)25(31)22-6-4-3-5-20(22)16-26/h3-8,11,14-15,17-18H,9-10,12-13H2,1-2H3,(H,27,30). The number of nitrogens with zero attached hydrogens (tertiary/aromatic N) is 3. The van der Waals surface area contributed by atoms with Gasteiger partial charge in [0.2, 0.25) is 5.91 Å². The molecule has 1 N–H and O–H groups in total. The van der Waals surface area contributed by atoms with Gasteiger partial charge in [-0.25, -0.2) is 0 Å². The zero-order valence-electron chi connectivity index (χ0n) is 17.8. The van der Waals surface area contributed by atoms with Crippen molar-refractivity contribution < 1.29 is 9.59 Å². The fourth-order valence-corrected chi connectivity index (χ4v) is 4.22. The Labute approximate surface area is 182 Å². The van der Waals surface area contributed by atoms with Gasteiger partial charge in [0, 0.05) is 47.8 Å². The van der Waals surface area contributed by atoms with E-state index in [4.69, 9.17) is 0 Å². The maximum atomic E-state index is 12.8. The second-order valence-corrected chi connectivity index (χ2v) is 8.30. The molecule has 6 nitrogen and oxygen atoms in total. The number of hydrogen-bond donors (Lipinski definition) is 1. The Bertz CT molecular complexity index is 1160. The highest BCUT2D eigenvalue weighted by Crippen LogP contribution is 2.25. The van der Waals surface area contributed by atoms with Crippen molar-refractivity contribution in [1.82, 2.24) is 9.47 Å². The van der Waals surface area contributed by atoms with Crippen molar-refractivity contribution >= 4 is 28.4 Å². The predicted molar refractivity (Wildman–Crippen MR) is 121 cm³/mol. The quantitative estimate of drug-likeness (QED) is 0.678. The van der Waals surface area contributed by atoms with Gasteiger partial charge in [0.25, 0.3) is 5.91 Å². The number of rotatable bonds is 4. The third kappa shape index (κ3) is 4.17. The Kier molecular flexibility index (Phi) is 5.77. The predicted octanol–water partition coefficient (Wildman–Crippen LogP) is 4.58. The summed E-state index contributed by atoms with van der Waals surface area (Å²) >= 11 is 0. The van der Waals surface area contributed by atoms with Crippen LogP contribution in [0.25, 0.3) is 10.9 Å². The molecular weight excluding hydrogens is 388 g/mol. The molecule has 158 valence electrons. The van der Waals surface area contributed by atoms with E-state index in [1.54, 1.807) is 29.2 Å². The second kappa shape index (κ2) is 8.65. The van der Waals surface area contributed by atoms with E-state index in [-0.39, 0.29) is 17.7 Å². The molecule has 2 heterocycles. The molecule has 0 bridgehead atoms. The Balaban J connectivity index is 1.38. The number of carbonyl (C=O) groups excluding carboxylic acids is 2. The Hall–Kier alpha value is -3.59. The molecule has 4 rings (SSSR count). The SMILES string of the molecule is CC(C)n1ccc2cc(NC(=O)C3CCN(C(=O)c4ccccc4C#N)CC3)ccc21. The van der Waals surface area contributed by atoms with Crippen LogP contribution >= 0.6 is 0 Å². The lowest BCUT2D eigenvalue weighted by atomic mass is 9.95. The summed E-state index contributed by atoms with van der Waals surface area (Å²) in [6.45, 7) is 5.30. The van der Waals surface area contributed by atoms with Gasteiger partial charge in [-0.05, 0) is 63.1 Å². The van der Waals surface area contributed by atoms with Crippen LogP contribution in [0.2, 0.25) is 0 Å². The zero-order chi connectivity index (χ0) is 22.0. The summed E-state index contributed by atoms with van der Waals surface area (Å²) in [6.07, 6.45) is 3.29. The monoisotopic (exact) mass is 414 g/mol. The molecule has 2 aromatic carbocycles. The highest BCUT2D eigenvalue weighted by atomic mass is 16.2. The minimum atomic E-state index is -0.142. The van der Waals surface area contributed by atoms with E-state index >= 15 is 0 Å². The summed E-state index contributed by atoms with van der Waals surface area (Å²) in [6, 6.07) is 17.4. The number of hydrogen-bond acceptors (Lipinski definition) is 3. The molecule has 0 aliphatic carbocycles. The normalized spacial score (nSPS) is 14.6. The summed E-state index contributed by atoms with van der Waals surface area (Å²) in [5.74, 6) is -0.283. The number of nitrogens with one attached hydrogen (secondary N) is 1. The van der Waals surface area contributed by atoms with Gasteiger partial charge in [0.15, 0.2) is 0 Å². The van der Waals surface area contributed by atoms with Crippen molar-refractivity contribution in [2.45, 2.75) is 32.7 Å². The summed E-state index contributed by atoms with van der Waals surface area (Å²) in [5, 5.41) is 13.4. The lowest BCUT2D eigenvalue weighted by Crippen LogP contribution is -2.41. The summed E-state index contributed by atoms with van der Waals surface area (Å²) < 4.78 is 2.21. The number of fused-ring (bicyclic) bond motifs is 1. The van der Waals surface area contributed by atoms with E-state index in [1.807, 2.05) is 18.2 Å². The molecule has 0 spiro atoms. The van der Waals surface area contributed by atoms with Gasteiger partial charge in [0.1, 0.15) is 0 Å². The third-order valence-corrected chi connectivity index (χ3v) is 5.98. The highest BCUT2D eigenvalue weighted by molar-refractivity contribution is 5.97. The first kappa shape index (κ1) is 20.7. The Morgan fingerprint density at radius 1 is 1.10 bits per heavy atom. The van der Waals surface area contributed by atoms with Crippen LogP contribution in [0.1, 0.15) is 48.7 Å². The first-order chi connectivity index (χ1) is 15.0. The minimum Gasteiger partial charge on any atom is -0.345 e. The van der Waals surface area contributed by atoms with E-state index in [2.05, 4.69) is 42.1 Å². The molecule has 31 heavy (non-hydrogen) atoms. The number of benzene rings is 2. The molecule has 1 aliphatic heterocycles.